The minimum absolute atomic E-state index is 0.00177. The fraction of sp³-hybridized carbons (Fsp3) is 0.375. The van der Waals surface area contributed by atoms with Gasteiger partial charge in [0.05, 0.1) is 24.1 Å². The summed E-state index contributed by atoms with van der Waals surface area (Å²) in [5, 5.41) is 17.4. The molecule has 0 fully saturated rings. The van der Waals surface area contributed by atoms with Crippen molar-refractivity contribution in [2.45, 2.75) is 39.5 Å². The van der Waals surface area contributed by atoms with E-state index < -0.39 is 40.8 Å². The van der Waals surface area contributed by atoms with E-state index in [2.05, 4.69) is 0 Å². The van der Waals surface area contributed by atoms with E-state index in [1.807, 2.05) is 6.92 Å². The molecule has 0 aliphatic rings. The molecule has 116 valence electrons. The molecule has 0 aromatic heterocycles. The molecule has 0 radical (unpaired) electrons. The zero-order valence-corrected chi connectivity index (χ0v) is 12.2. The summed E-state index contributed by atoms with van der Waals surface area (Å²) < 4.78 is 56.1. The number of benzene rings is 1. The van der Waals surface area contributed by atoms with Gasteiger partial charge in [-0.15, -0.1) is 0 Å². The van der Waals surface area contributed by atoms with Crippen LogP contribution in [0, 0.1) is 45.9 Å². The van der Waals surface area contributed by atoms with Crippen LogP contribution in [0.15, 0.2) is 5.57 Å². The molecule has 0 atom stereocenters. The Balaban J connectivity index is 3.67. The fourth-order valence-corrected chi connectivity index (χ4v) is 2.10. The van der Waals surface area contributed by atoms with Crippen LogP contribution in [0.2, 0.25) is 0 Å². The minimum Gasteiger partial charge on any atom is -0.203 e. The SMILES string of the molecule is CCCCC(=C(C)C#N)c1c(F)c(F)c(CC#N)c(F)c1F. The van der Waals surface area contributed by atoms with Gasteiger partial charge in [-0.25, -0.2) is 17.6 Å². The van der Waals surface area contributed by atoms with E-state index in [0.717, 1.165) is 0 Å². The first-order chi connectivity index (χ1) is 10.4. The highest BCUT2D eigenvalue weighted by Gasteiger charge is 2.27. The zero-order valence-electron chi connectivity index (χ0n) is 12.2. The Labute approximate surface area is 126 Å². The van der Waals surface area contributed by atoms with Crippen LogP contribution in [-0.4, -0.2) is 0 Å². The summed E-state index contributed by atoms with van der Waals surface area (Å²) in [7, 11) is 0. The maximum absolute atomic E-state index is 14.2. The highest BCUT2D eigenvalue weighted by molar-refractivity contribution is 5.72. The Kier molecular flexibility index (Phi) is 6.12. The zero-order chi connectivity index (χ0) is 16.9. The smallest absolute Gasteiger partial charge is 0.169 e. The molecule has 0 unspecified atom stereocenters. The lowest BCUT2D eigenvalue weighted by Gasteiger charge is -2.14. The lowest BCUT2D eigenvalue weighted by molar-refractivity contribution is 0.438. The van der Waals surface area contributed by atoms with Crippen molar-refractivity contribution in [3.63, 3.8) is 0 Å². The number of unbranched alkanes of at least 4 members (excludes halogenated alkanes) is 1. The molecule has 0 bridgehead atoms. The van der Waals surface area contributed by atoms with Gasteiger partial charge < -0.3 is 0 Å². The summed E-state index contributed by atoms with van der Waals surface area (Å²) >= 11 is 0. The largest absolute Gasteiger partial charge is 0.203 e. The predicted molar refractivity (Wildman–Crippen MR) is 73.3 cm³/mol. The Morgan fingerprint density at radius 3 is 1.95 bits per heavy atom. The van der Waals surface area contributed by atoms with E-state index >= 15 is 0 Å². The Hall–Kier alpha value is -2.34. The molecule has 2 nitrogen and oxygen atoms in total. The van der Waals surface area contributed by atoms with Crippen LogP contribution in [0.1, 0.15) is 44.2 Å². The quantitative estimate of drug-likeness (QED) is 0.446. The van der Waals surface area contributed by atoms with Crippen molar-refractivity contribution in [3.8, 4) is 12.1 Å². The van der Waals surface area contributed by atoms with Crippen molar-refractivity contribution < 1.29 is 17.6 Å². The first-order valence-electron chi connectivity index (χ1n) is 6.72. The van der Waals surface area contributed by atoms with E-state index in [9.17, 15) is 17.6 Å². The molecule has 22 heavy (non-hydrogen) atoms. The third kappa shape index (κ3) is 3.28. The number of allylic oxidation sites excluding steroid dienone is 2. The molecular formula is C16H14F4N2. The van der Waals surface area contributed by atoms with E-state index in [0.29, 0.717) is 12.8 Å². The minimum atomic E-state index is -1.59. The standard InChI is InChI=1S/C16H14F4N2/c1-3-4-5-10(9(2)8-22)12-15(19)13(17)11(6-7-21)14(18)16(12)20/h3-6H2,1-2H3. The van der Waals surface area contributed by atoms with Crippen molar-refractivity contribution in [2.75, 3.05) is 0 Å². The molecule has 0 aliphatic carbocycles. The highest BCUT2D eigenvalue weighted by Crippen LogP contribution is 2.33. The average molecular weight is 310 g/mol. The Bertz CT molecular complexity index is 665. The summed E-state index contributed by atoms with van der Waals surface area (Å²) in [5.41, 5.74) is -1.85. The van der Waals surface area contributed by atoms with Crippen molar-refractivity contribution in [1.29, 1.82) is 10.5 Å². The first kappa shape index (κ1) is 17.7. The maximum atomic E-state index is 14.2. The van der Waals surface area contributed by atoms with Crippen LogP contribution in [0.25, 0.3) is 5.57 Å². The average Bonchev–Trinajstić information content (AvgIpc) is 2.52. The van der Waals surface area contributed by atoms with Crippen molar-refractivity contribution in [3.05, 3.63) is 40.0 Å². The lowest BCUT2D eigenvalue weighted by Crippen LogP contribution is -2.09. The van der Waals surface area contributed by atoms with Gasteiger partial charge in [-0.2, -0.15) is 10.5 Å². The molecule has 0 amide bonds. The summed E-state index contributed by atoms with van der Waals surface area (Å²) in [5.74, 6) is -6.31. The van der Waals surface area contributed by atoms with Gasteiger partial charge in [0, 0.05) is 11.1 Å². The molecule has 1 aromatic carbocycles. The van der Waals surface area contributed by atoms with Gasteiger partial charge in [-0.1, -0.05) is 13.3 Å². The Morgan fingerprint density at radius 2 is 1.55 bits per heavy atom. The maximum Gasteiger partial charge on any atom is 0.169 e. The summed E-state index contributed by atoms with van der Waals surface area (Å²) in [6.07, 6.45) is 0.538. The molecule has 0 aliphatic heterocycles. The Morgan fingerprint density at radius 1 is 1.00 bits per heavy atom. The molecule has 0 saturated carbocycles. The fourth-order valence-electron chi connectivity index (χ4n) is 2.10. The number of nitrogens with zero attached hydrogens (tertiary/aromatic N) is 2. The number of hydrogen-bond acceptors (Lipinski definition) is 2. The van der Waals surface area contributed by atoms with Gasteiger partial charge in [0.25, 0.3) is 0 Å². The predicted octanol–water partition coefficient (Wildman–Crippen LogP) is 4.80. The normalized spacial score (nSPS) is 11.6. The van der Waals surface area contributed by atoms with Gasteiger partial charge in [-0.3, -0.25) is 0 Å². The summed E-state index contributed by atoms with van der Waals surface area (Å²) in [4.78, 5) is 0. The van der Waals surface area contributed by atoms with Crippen LogP contribution in [0.3, 0.4) is 0 Å². The van der Waals surface area contributed by atoms with E-state index in [1.165, 1.54) is 13.0 Å². The highest BCUT2D eigenvalue weighted by atomic mass is 19.2. The van der Waals surface area contributed by atoms with Gasteiger partial charge >= 0.3 is 0 Å². The second kappa shape index (κ2) is 7.61. The molecule has 0 saturated heterocycles. The van der Waals surface area contributed by atoms with Crippen molar-refractivity contribution >= 4 is 5.57 Å². The van der Waals surface area contributed by atoms with Crippen LogP contribution in [0.5, 0.6) is 0 Å². The summed E-state index contributed by atoms with van der Waals surface area (Å²) in [6, 6.07) is 3.21. The second-order valence-corrected chi connectivity index (χ2v) is 4.76. The van der Waals surface area contributed by atoms with Gasteiger partial charge in [0.1, 0.15) is 0 Å². The van der Waals surface area contributed by atoms with Crippen LogP contribution >= 0.6 is 0 Å². The molecule has 1 aromatic rings. The molecular weight excluding hydrogens is 296 g/mol. The van der Waals surface area contributed by atoms with Crippen LogP contribution < -0.4 is 0 Å². The second-order valence-electron chi connectivity index (χ2n) is 4.76. The van der Waals surface area contributed by atoms with E-state index in [1.54, 1.807) is 6.07 Å². The third-order valence-electron chi connectivity index (χ3n) is 3.31. The number of nitriles is 2. The third-order valence-corrected chi connectivity index (χ3v) is 3.31. The van der Waals surface area contributed by atoms with Gasteiger partial charge in [0.15, 0.2) is 23.3 Å². The first-order valence-corrected chi connectivity index (χ1v) is 6.72. The monoisotopic (exact) mass is 310 g/mol. The topological polar surface area (TPSA) is 47.6 Å². The van der Waals surface area contributed by atoms with E-state index in [-0.39, 0.29) is 17.6 Å². The molecule has 6 heteroatoms. The van der Waals surface area contributed by atoms with Gasteiger partial charge in [-0.05, 0) is 25.3 Å². The molecule has 0 spiro atoms. The molecule has 1 rings (SSSR count). The number of hydrogen-bond donors (Lipinski definition) is 0. The number of rotatable bonds is 5. The lowest BCUT2D eigenvalue weighted by atomic mass is 9.93. The van der Waals surface area contributed by atoms with Crippen molar-refractivity contribution in [2.24, 2.45) is 0 Å². The van der Waals surface area contributed by atoms with Crippen LogP contribution in [-0.2, 0) is 6.42 Å². The number of halogens is 4. The molecule has 0 heterocycles. The van der Waals surface area contributed by atoms with E-state index in [4.69, 9.17) is 10.5 Å². The summed E-state index contributed by atoms with van der Waals surface area (Å²) in [6.45, 7) is 3.17. The van der Waals surface area contributed by atoms with Gasteiger partial charge in [0.2, 0.25) is 0 Å². The van der Waals surface area contributed by atoms with Crippen LogP contribution in [0.4, 0.5) is 17.6 Å². The molecule has 0 N–H and O–H groups in total. The van der Waals surface area contributed by atoms with Crippen molar-refractivity contribution in [1.82, 2.24) is 0 Å².